The summed E-state index contributed by atoms with van der Waals surface area (Å²) in [6, 6.07) is 0. The fourth-order valence-corrected chi connectivity index (χ4v) is 5.70. The van der Waals surface area contributed by atoms with Gasteiger partial charge in [0.15, 0.2) is 0 Å². The molecule has 2 aliphatic heterocycles. The van der Waals surface area contributed by atoms with Gasteiger partial charge in [0, 0.05) is 37.7 Å². The van der Waals surface area contributed by atoms with Crippen molar-refractivity contribution >= 4 is 23.7 Å². The maximum absolute atomic E-state index is 13.8. The summed E-state index contributed by atoms with van der Waals surface area (Å²) in [6.07, 6.45) is 5.04. The second-order valence-electron chi connectivity index (χ2n) is 9.75. The number of likely N-dealkylation sites (tertiary alicyclic amines) is 1. The molecule has 0 aromatic carbocycles. The van der Waals surface area contributed by atoms with Gasteiger partial charge in [-0.2, -0.15) is 11.8 Å². The Labute approximate surface area is 191 Å². The van der Waals surface area contributed by atoms with Crippen LogP contribution in [0.2, 0.25) is 0 Å². The summed E-state index contributed by atoms with van der Waals surface area (Å²) in [4.78, 5) is 30.4. The molecule has 1 atom stereocenters. The van der Waals surface area contributed by atoms with Gasteiger partial charge in [-0.25, -0.2) is 4.79 Å². The van der Waals surface area contributed by atoms with Crippen LogP contribution in [0.25, 0.3) is 0 Å². The lowest BCUT2D eigenvalue weighted by Gasteiger charge is -2.50. The van der Waals surface area contributed by atoms with E-state index in [4.69, 9.17) is 14.2 Å². The Hall–Kier alpha value is -0.830. The highest BCUT2D eigenvalue weighted by Crippen LogP contribution is 2.37. The number of thioether (sulfide) groups is 1. The fraction of sp³-hybridized carbons (Fsp3) is 0.913. The summed E-state index contributed by atoms with van der Waals surface area (Å²) in [5, 5.41) is 0. The molecular weight excluding hydrogens is 416 g/mol. The molecule has 3 rings (SSSR count). The van der Waals surface area contributed by atoms with Gasteiger partial charge >= 0.3 is 11.9 Å². The first kappa shape index (κ1) is 24.8. The fourth-order valence-electron chi connectivity index (χ4n) is 4.80. The summed E-state index contributed by atoms with van der Waals surface area (Å²) in [7, 11) is 0. The molecule has 0 aromatic rings. The number of esters is 2. The lowest BCUT2D eigenvalue weighted by Crippen LogP contribution is -2.70. The van der Waals surface area contributed by atoms with Crippen molar-refractivity contribution < 1.29 is 23.8 Å². The highest BCUT2D eigenvalue weighted by Gasteiger charge is 2.55. The molecule has 31 heavy (non-hydrogen) atoms. The van der Waals surface area contributed by atoms with Gasteiger partial charge in [-0.1, -0.05) is 0 Å². The lowest BCUT2D eigenvalue weighted by molar-refractivity contribution is -0.276. The predicted octanol–water partition coefficient (Wildman–Crippen LogP) is 3.27. The minimum Gasteiger partial charge on any atom is -0.466 e. The maximum Gasteiger partial charge on any atom is 0.371 e. The molecule has 3 aliphatic rings. The van der Waals surface area contributed by atoms with E-state index in [1.165, 1.54) is 0 Å². The molecule has 0 bridgehead atoms. The Morgan fingerprint density at radius 1 is 0.935 bits per heavy atom. The van der Waals surface area contributed by atoms with Crippen LogP contribution in [0.1, 0.15) is 66.2 Å². The zero-order valence-corrected chi connectivity index (χ0v) is 20.5. The second kappa shape index (κ2) is 10.9. The average Bonchev–Trinajstić information content (AvgIpc) is 3.27. The van der Waals surface area contributed by atoms with Crippen molar-refractivity contribution in [3.05, 3.63) is 0 Å². The molecule has 0 radical (unpaired) electrons. The van der Waals surface area contributed by atoms with E-state index >= 15 is 0 Å². The predicted molar refractivity (Wildman–Crippen MR) is 122 cm³/mol. The zero-order valence-electron chi connectivity index (χ0n) is 19.7. The summed E-state index contributed by atoms with van der Waals surface area (Å²) >= 11 is 1.92. The van der Waals surface area contributed by atoms with Crippen molar-refractivity contribution in [2.75, 3.05) is 44.3 Å². The van der Waals surface area contributed by atoms with Crippen molar-refractivity contribution in [1.29, 1.82) is 0 Å². The molecule has 0 N–H and O–H groups in total. The van der Waals surface area contributed by atoms with Crippen LogP contribution in [-0.2, 0) is 23.8 Å². The van der Waals surface area contributed by atoms with Crippen LogP contribution in [-0.4, -0.2) is 83.6 Å². The van der Waals surface area contributed by atoms with E-state index in [0.717, 1.165) is 76.2 Å². The van der Waals surface area contributed by atoms with Gasteiger partial charge in [0.05, 0.1) is 18.6 Å². The molecule has 7 nitrogen and oxygen atoms in total. The number of rotatable bonds is 7. The van der Waals surface area contributed by atoms with Gasteiger partial charge in [0.2, 0.25) is 0 Å². The number of nitrogens with zero attached hydrogens (tertiary/aromatic N) is 2. The molecule has 8 heteroatoms. The van der Waals surface area contributed by atoms with E-state index < -0.39 is 11.4 Å². The zero-order chi connectivity index (χ0) is 22.5. The van der Waals surface area contributed by atoms with E-state index in [0.29, 0.717) is 6.61 Å². The molecule has 2 saturated heterocycles. The molecule has 1 saturated carbocycles. The Kier molecular flexibility index (Phi) is 8.69. The Balaban J connectivity index is 1.82. The molecule has 2 heterocycles. The first-order valence-electron chi connectivity index (χ1n) is 11.9. The van der Waals surface area contributed by atoms with Crippen LogP contribution in [0.15, 0.2) is 0 Å². The third kappa shape index (κ3) is 6.15. The number of carbonyl (C=O) groups is 2. The Morgan fingerprint density at radius 2 is 1.52 bits per heavy atom. The van der Waals surface area contributed by atoms with Crippen LogP contribution < -0.4 is 0 Å². The number of ether oxygens (including phenoxy) is 3. The molecule has 3 fully saturated rings. The van der Waals surface area contributed by atoms with Crippen LogP contribution in [0.4, 0.5) is 0 Å². The van der Waals surface area contributed by atoms with Gasteiger partial charge in [-0.15, -0.1) is 0 Å². The SMILES string of the molecule is CCOC(=O)[C@H]1CC[C@H](OC(C(=O)OC(C)(C)C)(N2CCCC2)N2CCSCC2)CC1. The van der Waals surface area contributed by atoms with E-state index in [1.54, 1.807) is 0 Å². The highest BCUT2D eigenvalue weighted by atomic mass is 32.2. The highest BCUT2D eigenvalue weighted by molar-refractivity contribution is 7.99. The van der Waals surface area contributed by atoms with E-state index in [-0.39, 0.29) is 24.0 Å². The van der Waals surface area contributed by atoms with Crippen LogP contribution in [0.5, 0.6) is 0 Å². The number of hydrogen-bond acceptors (Lipinski definition) is 8. The summed E-state index contributed by atoms with van der Waals surface area (Å²) in [6.45, 7) is 11.3. The normalized spacial score (nSPS) is 28.1. The minimum absolute atomic E-state index is 0.0612. The standard InChI is InChI=1S/C23H40N2O5S/c1-5-28-20(26)18-8-10-19(11-9-18)29-23(24-12-6-7-13-24,21(27)30-22(2,3)4)25-14-16-31-17-15-25/h18-19H,5-17H2,1-4H3/t18-,19-,23?. The molecule has 1 aliphatic carbocycles. The third-order valence-corrected chi connectivity index (χ3v) is 7.21. The molecule has 178 valence electrons. The molecule has 1 unspecified atom stereocenters. The first-order chi connectivity index (χ1) is 14.8. The Morgan fingerprint density at radius 3 is 2.06 bits per heavy atom. The van der Waals surface area contributed by atoms with E-state index in [9.17, 15) is 9.59 Å². The van der Waals surface area contributed by atoms with Crippen molar-refractivity contribution in [2.24, 2.45) is 5.92 Å². The van der Waals surface area contributed by atoms with Crippen molar-refractivity contribution in [1.82, 2.24) is 9.80 Å². The van der Waals surface area contributed by atoms with Crippen LogP contribution in [0.3, 0.4) is 0 Å². The molecule has 0 aromatic heterocycles. The lowest BCUT2D eigenvalue weighted by atomic mass is 9.87. The second-order valence-corrected chi connectivity index (χ2v) is 11.0. The van der Waals surface area contributed by atoms with Crippen LogP contribution in [0, 0.1) is 5.92 Å². The largest absolute Gasteiger partial charge is 0.466 e. The molecular formula is C23H40N2O5S. The Bertz CT molecular complexity index is 606. The first-order valence-corrected chi connectivity index (χ1v) is 13.1. The van der Waals surface area contributed by atoms with Gasteiger partial charge < -0.3 is 14.2 Å². The van der Waals surface area contributed by atoms with E-state index in [1.807, 2.05) is 39.5 Å². The van der Waals surface area contributed by atoms with Crippen LogP contribution >= 0.6 is 11.8 Å². The summed E-state index contributed by atoms with van der Waals surface area (Å²) in [5.74, 6) is 0.336. The topological polar surface area (TPSA) is 68.3 Å². The maximum atomic E-state index is 13.8. The third-order valence-electron chi connectivity index (χ3n) is 6.26. The van der Waals surface area contributed by atoms with Crippen molar-refractivity contribution in [3.8, 4) is 0 Å². The van der Waals surface area contributed by atoms with Crippen molar-refractivity contribution in [2.45, 2.75) is 83.8 Å². The summed E-state index contributed by atoms with van der Waals surface area (Å²) in [5.41, 5.74) is -0.586. The minimum atomic E-state index is -1.17. The monoisotopic (exact) mass is 456 g/mol. The van der Waals surface area contributed by atoms with Gasteiger partial charge in [-0.05, 0) is 66.2 Å². The van der Waals surface area contributed by atoms with Gasteiger partial charge in [0.1, 0.15) is 5.60 Å². The number of carbonyl (C=O) groups excluding carboxylic acids is 2. The summed E-state index contributed by atoms with van der Waals surface area (Å²) < 4.78 is 18.0. The van der Waals surface area contributed by atoms with Gasteiger partial charge in [0.25, 0.3) is 5.85 Å². The van der Waals surface area contributed by atoms with Gasteiger partial charge in [-0.3, -0.25) is 14.6 Å². The molecule has 0 amide bonds. The average molecular weight is 457 g/mol. The smallest absolute Gasteiger partial charge is 0.371 e. The quantitative estimate of drug-likeness (QED) is 0.541. The van der Waals surface area contributed by atoms with Crippen molar-refractivity contribution in [3.63, 3.8) is 0 Å². The number of hydrogen-bond donors (Lipinski definition) is 0. The molecule has 0 spiro atoms. The van der Waals surface area contributed by atoms with E-state index in [2.05, 4.69) is 9.80 Å².